The smallest absolute Gasteiger partial charge is 0.401 e. The lowest BCUT2D eigenvalue weighted by atomic mass is 9.87. The minimum absolute atomic E-state index is 0.753. The summed E-state index contributed by atoms with van der Waals surface area (Å²) in [5, 5.41) is 10.7. The molecule has 0 amide bonds. The quantitative estimate of drug-likeness (QED) is 0.749. The minimum Gasteiger partial charge on any atom is -0.480 e. The van der Waals surface area contributed by atoms with E-state index in [0.717, 1.165) is 0 Å². The molecular formula is C8H14F3NO2. The van der Waals surface area contributed by atoms with Crippen LogP contribution in [0.15, 0.2) is 0 Å². The van der Waals surface area contributed by atoms with Gasteiger partial charge >= 0.3 is 12.1 Å². The summed E-state index contributed by atoms with van der Waals surface area (Å²) in [7, 11) is 0. The van der Waals surface area contributed by atoms with Gasteiger partial charge in [0.1, 0.15) is 6.04 Å². The lowest BCUT2D eigenvalue weighted by Gasteiger charge is -2.28. The molecule has 14 heavy (non-hydrogen) atoms. The van der Waals surface area contributed by atoms with Crippen molar-refractivity contribution < 1.29 is 23.1 Å². The molecular weight excluding hydrogens is 199 g/mol. The van der Waals surface area contributed by atoms with E-state index >= 15 is 0 Å². The number of hydrogen-bond donors (Lipinski definition) is 2. The highest BCUT2D eigenvalue weighted by Gasteiger charge is 2.35. The maximum atomic E-state index is 11.8. The summed E-state index contributed by atoms with van der Waals surface area (Å²) in [5.74, 6) is -1.28. The number of aliphatic carboxylic acids is 1. The predicted molar refractivity (Wildman–Crippen MR) is 44.9 cm³/mol. The molecule has 0 saturated carbocycles. The van der Waals surface area contributed by atoms with Crippen LogP contribution in [0.5, 0.6) is 0 Å². The number of carbonyl (C=O) groups is 1. The third kappa shape index (κ3) is 5.06. The third-order valence-corrected chi connectivity index (χ3v) is 1.62. The molecule has 0 aromatic carbocycles. The molecule has 84 valence electrons. The first kappa shape index (κ1) is 13.2. The summed E-state index contributed by atoms with van der Waals surface area (Å²) in [6, 6.07) is -1.20. The van der Waals surface area contributed by atoms with Gasteiger partial charge in [-0.3, -0.25) is 10.1 Å². The van der Waals surface area contributed by atoms with E-state index in [1.54, 1.807) is 20.8 Å². The van der Waals surface area contributed by atoms with Crippen molar-refractivity contribution in [2.75, 3.05) is 6.54 Å². The van der Waals surface area contributed by atoms with Crippen LogP contribution < -0.4 is 5.32 Å². The second-order valence-electron chi connectivity index (χ2n) is 4.13. The lowest BCUT2D eigenvalue weighted by Crippen LogP contribution is -2.49. The Morgan fingerprint density at radius 3 is 2.00 bits per heavy atom. The molecule has 1 atom stereocenters. The molecule has 6 heteroatoms. The van der Waals surface area contributed by atoms with E-state index in [0.29, 0.717) is 0 Å². The van der Waals surface area contributed by atoms with Gasteiger partial charge in [-0.05, 0) is 5.41 Å². The number of nitrogens with one attached hydrogen (secondary N) is 1. The molecule has 0 fully saturated rings. The van der Waals surface area contributed by atoms with Gasteiger partial charge in [-0.25, -0.2) is 0 Å². The number of carboxylic acid groups (broad SMARTS) is 1. The van der Waals surface area contributed by atoms with Crippen molar-refractivity contribution in [1.82, 2.24) is 5.32 Å². The van der Waals surface area contributed by atoms with E-state index in [-0.39, 0.29) is 0 Å². The van der Waals surface area contributed by atoms with Crippen molar-refractivity contribution in [2.45, 2.75) is 33.0 Å². The molecule has 0 radical (unpaired) electrons. The van der Waals surface area contributed by atoms with Crippen LogP contribution in [0.1, 0.15) is 20.8 Å². The Kier molecular flexibility index (Phi) is 3.93. The van der Waals surface area contributed by atoms with E-state index in [9.17, 15) is 18.0 Å². The second-order valence-corrected chi connectivity index (χ2v) is 4.13. The fraction of sp³-hybridized carbons (Fsp3) is 0.875. The second kappa shape index (κ2) is 4.16. The number of alkyl halides is 3. The fourth-order valence-electron chi connectivity index (χ4n) is 0.982. The van der Waals surface area contributed by atoms with Crippen molar-refractivity contribution in [3.8, 4) is 0 Å². The Hall–Kier alpha value is -0.780. The van der Waals surface area contributed by atoms with Gasteiger partial charge in [-0.1, -0.05) is 20.8 Å². The molecule has 0 aromatic rings. The zero-order chi connectivity index (χ0) is 11.6. The Morgan fingerprint density at radius 2 is 1.79 bits per heavy atom. The molecule has 0 unspecified atom stereocenters. The average Bonchev–Trinajstić information content (AvgIpc) is 1.79. The highest BCUT2D eigenvalue weighted by atomic mass is 19.4. The third-order valence-electron chi connectivity index (χ3n) is 1.62. The normalized spacial score (nSPS) is 15.3. The van der Waals surface area contributed by atoms with Crippen LogP contribution in [0, 0.1) is 5.41 Å². The minimum atomic E-state index is -4.39. The van der Waals surface area contributed by atoms with E-state index in [2.05, 4.69) is 0 Å². The fourth-order valence-corrected chi connectivity index (χ4v) is 0.982. The maximum absolute atomic E-state index is 11.8. The van der Waals surface area contributed by atoms with Crippen LogP contribution >= 0.6 is 0 Å². The first-order chi connectivity index (χ1) is 6.04. The van der Waals surface area contributed by atoms with Crippen LogP contribution in [-0.4, -0.2) is 29.8 Å². The molecule has 0 aliphatic carbocycles. The number of carboxylic acids is 1. The Balaban J connectivity index is 4.35. The van der Waals surface area contributed by atoms with Gasteiger partial charge in [0.15, 0.2) is 0 Å². The molecule has 0 rings (SSSR count). The number of hydrogen-bond acceptors (Lipinski definition) is 2. The van der Waals surface area contributed by atoms with Crippen LogP contribution in [0.3, 0.4) is 0 Å². The summed E-state index contributed by atoms with van der Waals surface area (Å²) >= 11 is 0. The zero-order valence-corrected chi connectivity index (χ0v) is 8.27. The molecule has 0 aliphatic rings. The first-order valence-electron chi connectivity index (χ1n) is 4.07. The highest BCUT2D eigenvalue weighted by molar-refractivity contribution is 5.74. The molecule has 0 bridgehead atoms. The molecule has 0 aromatic heterocycles. The molecule has 0 heterocycles. The number of rotatable bonds is 3. The van der Waals surface area contributed by atoms with Gasteiger partial charge in [-0.15, -0.1) is 0 Å². The van der Waals surface area contributed by atoms with Crippen LogP contribution in [-0.2, 0) is 4.79 Å². The van der Waals surface area contributed by atoms with Gasteiger partial charge in [-0.2, -0.15) is 13.2 Å². The summed E-state index contributed by atoms with van der Waals surface area (Å²) in [4.78, 5) is 10.6. The summed E-state index contributed by atoms with van der Waals surface area (Å²) < 4.78 is 35.4. The lowest BCUT2D eigenvalue weighted by molar-refractivity contribution is -0.146. The van der Waals surface area contributed by atoms with Gasteiger partial charge in [0.25, 0.3) is 0 Å². The average molecular weight is 213 g/mol. The van der Waals surface area contributed by atoms with Gasteiger partial charge in [0.05, 0.1) is 6.54 Å². The van der Waals surface area contributed by atoms with Crippen LogP contribution in [0.2, 0.25) is 0 Å². The monoisotopic (exact) mass is 213 g/mol. The largest absolute Gasteiger partial charge is 0.480 e. The Bertz CT molecular complexity index is 208. The van der Waals surface area contributed by atoms with E-state index in [4.69, 9.17) is 5.11 Å². The van der Waals surface area contributed by atoms with Crippen molar-refractivity contribution in [3.63, 3.8) is 0 Å². The summed E-state index contributed by atoms with van der Waals surface area (Å²) in [6.45, 7) is 3.40. The standard InChI is InChI=1S/C8H14F3NO2/c1-7(2,3)5(6(13)14)12-4-8(9,10)11/h5,12H,4H2,1-3H3,(H,13,14)/t5-/m1/s1. The van der Waals surface area contributed by atoms with E-state index < -0.39 is 30.1 Å². The first-order valence-corrected chi connectivity index (χ1v) is 4.07. The highest BCUT2D eigenvalue weighted by Crippen LogP contribution is 2.21. The summed E-state index contributed by atoms with van der Waals surface area (Å²) in [5.41, 5.74) is -0.753. The van der Waals surface area contributed by atoms with Gasteiger partial charge < -0.3 is 5.11 Å². The van der Waals surface area contributed by atoms with Crippen molar-refractivity contribution in [2.24, 2.45) is 5.41 Å². The zero-order valence-electron chi connectivity index (χ0n) is 8.27. The Labute approximate surface area is 80.3 Å². The molecule has 0 spiro atoms. The van der Waals surface area contributed by atoms with E-state index in [1.807, 2.05) is 5.32 Å². The molecule has 2 N–H and O–H groups in total. The van der Waals surface area contributed by atoms with Crippen LogP contribution in [0.4, 0.5) is 13.2 Å². The number of halogens is 3. The van der Waals surface area contributed by atoms with Crippen molar-refractivity contribution in [3.05, 3.63) is 0 Å². The van der Waals surface area contributed by atoms with Gasteiger partial charge in [0.2, 0.25) is 0 Å². The molecule has 0 aliphatic heterocycles. The van der Waals surface area contributed by atoms with E-state index in [1.165, 1.54) is 0 Å². The molecule has 0 saturated heterocycles. The molecule has 3 nitrogen and oxygen atoms in total. The summed E-state index contributed by atoms with van der Waals surface area (Å²) in [6.07, 6.45) is -4.39. The topological polar surface area (TPSA) is 49.3 Å². The van der Waals surface area contributed by atoms with Crippen molar-refractivity contribution >= 4 is 5.97 Å². The SMILES string of the molecule is CC(C)(C)[C@H](NCC(F)(F)F)C(=O)O. The Morgan fingerprint density at radius 1 is 1.36 bits per heavy atom. The van der Waals surface area contributed by atoms with Gasteiger partial charge in [0, 0.05) is 0 Å². The van der Waals surface area contributed by atoms with Crippen LogP contribution in [0.25, 0.3) is 0 Å². The maximum Gasteiger partial charge on any atom is 0.401 e. The predicted octanol–water partition coefficient (Wildman–Crippen LogP) is 1.64. The van der Waals surface area contributed by atoms with Crippen molar-refractivity contribution in [1.29, 1.82) is 0 Å².